The van der Waals surface area contributed by atoms with Crippen molar-refractivity contribution >= 4 is 22.8 Å². The third-order valence-electron chi connectivity index (χ3n) is 2.30. The summed E-state index contributed by atoms with van der Waals surface area (Å²) in [7, 11) is 0. The third-order valence-corrected chi connectivity index (χ3v) is 3.34. The van der Waals surface area contributed by atoms with E-state index < -0.39 is 0 Å². The molecule has 1 N–H and O–H groups in total. The zero-order chi connectivity index (χ0) is 11.1. The molecule has 0 unspecified atom stereocenters. The van der Waals surface area contributed by atoms with Gasteiger partial charge < -0.3 is 10.2 Å². The first kappa shape index (κ1) is 12.4. The average Bonchev–Trinajstić information content (AvgIpc) is 2.29. The normalized spacial score (nSPS) is 15.7. The Morgan fingerprint density at radius 1 is 1.53 bits per heavy atom. The second-order valence-corrected chi connectivity index (χ2v) is 4.39. The van der Waals surface area contributed by atoms with Crippen LogP contribution in [-0.2, 0) is 4.79 Å². The van der Waals surface area contributed by atoms with Gasteiger partial charge in [-0.05, 0) is 20.3 Å². The minimum Gasteiger partial charge on any atom is -0.356 e. The molecule has 0 aromatic carbocycles. The molecule has 1 aliphatic rings. The van der Waals surface area contributed by atoms with Crippen LogP contribution in [0.4, 0.5) is 0 Å². The Hall–Kier alpha value is -0.710. The summed E-state index contributed by atoms with van der Waals surface area (Å²) in [5.74, 6) is 1.25. The lowest BCUT2D eigenvalue weighted by Crippen LogP contribution is -2.39. The van der Waals surface area contributed by atoms with E-state index in [4.69, 9.17) is 0 Å². The fraction of sp³-hybridized carbons (Fsp3) is 0.800. The van der Waals surface area contributed by atoms with Gasteiger partial charge in [-0.15, -0.1) is 0 Å². The summed E-state index contributed by atoms with van der Waals surface area (Å²) in [4.78, 5) is 17.8. The number of amidine groups is 1. The van der Waals surface area contributed by atoms with Crippen LogP contribution < -0.4 is 5.32 Å². The minimum absolute atomic E-state index is 0.147. The number of carbonyl (C=O) groups excluding carboxylic acids is 1. The maximum absolute atomic E-state index is 11.6. The molecule has 0 bridgehead atoms. The lowest BCUT2D eigenvalue weighted by atomic mass is 10.4. The molecule has 86 valence electrons. The van der Waals surface area contributed by atoms with Crippen LogP contribution in [0.2, 0.25) is 0 Å². The number of amides is 1. The van der Waals surface area contributed by atoms with Gasteiger partial charge in [0, 0.05) is 25.4 Å². The van der Waals surface area contributed by atoms with E-state index in [1.54, 1.807) is 11.8 Å². The van der Waals surface area contributed by atoms with Crippen LogP contribution in [-0.4, -0.2) is 47.9 Å². The topological polar surface area (TPSA) is 44.7 Å². The maximum Gasteiger partial charge on any atom is 0.241 e. The van der Waals surface area contributed by atoms with E-state index in [9.17, 15) is 4.79 Å². The van der Waals surface area contributed by atoms with Crippen molar-refractivity contribution in [1.29, 1.82) is 0 Å². The first-order valence-corrected chi connectivity index (χ1v) is 6.45. The van der Waals surface area contributed by atoms with Crippen molar-refractivity contribution in [3.05, 3.63) is 0 Å². The molecule has 0 fully saturated rings. The van der Waals surface area contributed by atoms with Gasteiger partial charge in [-0.1, -0.05) is 11.8 Å². The molecule has 0 radical (unpaired) electrons. The van der Waals surface area contributed by atoms with Gasteiger partial charge in [0.1, 0.15) is 0 Å². The molecule has 4 nitrogen and oxygen atoms in total. The van der Waals surface area contributed by atoms with Crippen molar-refractivity contribution in [3.63, 3.8) is 0 Å². The van der Waals surface area contributed by atoms with Gasteiger partial charge in [0.25, 0.3) is 0 Å². The van der Waals surface area contributed by atoms with E-state index in [0.717, 1.165) is 37.0 Å². The second kappa shape index (κ2) is 6.71. The number of carbonyl (C=O) groups is 1. The Kier molecular flexibility index (Phi) is 5.53. The largest absolute Gasteiger partial charge is 0.356 e. The molecule has 0 saturated heterocycles. The fourth-order valence-electron chi connectivity index (χ4n) is 1.41. The van der Waals surface area contributed by atoms with E-state index >= 15 is 0 Å². The quantitative estimate of drug-likeness (QED) is 0.780. The molecular weight excluding hydrogens is 210 g/mol. The number of nitrogens with one attached hydrogen (secondary N) is 1. The summed E-state index contributed by atoms with van der Waals surface area (Å²) in [5.41, 5.74) is 0. The summed E-state index contributed by atoms with van der Waals surface area (Å²) in [5, 5.41) is 4.01. The highest BCUT2D eigenvalue weighted by molar-refractivity contribution is 8.13. The van der Waals surface area contributed by atoms with Gasteiger partial charge in [0.05, 0.1) is 6.54 Å². The molecule has 1 aliphatic heterocycles. The number of hydrogen-bond donors (Lipinski definition) is 1. The maximum atomic E-state index is 11.6. The summed E-state index contributed by atoms with van der Waals surface area (Å²) >= 11 is 1.70. The zero-order valence-electron chi connectivity index (χ0n) is 9.45. The molecule has 1 amide bonds. The standard InChI is InChI=1S/C10H19N3OS/c1-3-13(4-2)9(14)8-12-10-11-6-5-7-15-10/h3-8H2,1-2H3,(H,11,12). The van der Waals surface area contributed by atoms with E-state index in [1.807, 2.05) is 18.7 Å². The van der Waals surface area contributed by atoms with Gasteiger partial charge in [-0.25, -0.2) is 0 Å². The average molecular weight is 229 g/mol. The van der Waals surface area contributed by atoms with E-state index in [1.165, 1.54) is 0 Å². The van der Waals surface area contributed by atoms with Crippen LogP contribution in [0.3, 0.4) is 0 Å². The van der Waals surface area contributed by atoms with Crippen molar-refractivity contribution in [2.75, 3.05) is 31.9 Å². The zero-order valence-corrected chi connectivity index (χ0v) is 10.3. The molecule has 1 rings (SSSR count). The fourth-order valence-corrected chi connectivity index (χ4v) is 2.23. The Balaban J connectivity index is 2.29. The van der Waals surface area contributed by atoms with Crippen molar-refractivity contribution in [3.8, 4) is 0 Å². The van der Waals surface area contributed by atoms with Crippen LogP contribution >= 0.6 is 11.8 Å². The predicted octanol–water partition coefficient (Wildman–Crippen LogP) is 0.937. The molecule has 0 aromatic rings. The Labute approximate surface area is 95.5 Å². The highest BCUT2D eigenvalue weighted by atomic mass is 32.2. The number of nitrogens with zero attached hydrogens (tertiary/aromatic N) is 2. The van der Waals surface area contributed by atoms with Crippen molar-refractivity contribution in [1.82, 2.24) is 10.2 Å². The molecule has 0 aliphatic carbocycles. The molecular formula is C10H19N3OS. The summed E-state index contributed by atoms with van der Waals surface area (Å²) in [6, 6.07) is 0. The number of likely N-dealkylation sites (N-methyl/N-ethyl adjacent to an activating group) is 1. The lowest BCUT2D eigenvalue weighted by Gasteiger charge is -2.20. The number of aliphatic imine (C=N–C) groups is 1. The van der Waals surface area contributed by atoms with Crippen LogP contribution in [0.25, 0.3) is 0 Å². The van der Waals surface area contributed by atoms with Crippen molar-refractivity contribution < 1.29 is 4.79 Å². The molecule has 5 heteroatoms. The van der Waals surface area contributed by atoms with Gasteiger partial charge in [-0.3, -0.25) is 9.79 Å². The first-order valence-electron chi connectivity index (χ1n) is 5.46. The first-order chi connectivity index (χ1) is 7.27. The van der Waals surface area contributed by atoms with Gasteiger partial charge in [-0.2, -0.15) is 0 Å². The summed E-state index contributed by atoms with van der Waals surface area (Å²) in [6.45, 7) is 6.79. The van der Waals surface area contributed by atoms with Gasteiger partial charge >= 0.3 is 0 Å². The van der Waals surface area contributed by atoms with Crippen molar-refractivity contribution in [2.45, 2.75) is 20.3 Å². The Morgan fingerprint density at radius 3 is 2.80 bits per heavy atom. The Bertz CT molecular complexity index is 239. The van der Waals surface area contributed by atoms with Gasteiger partial charge in [0.2, 0.25) is 5.91 Å². The number of thioether (sulfide) groups is 1. The lowest BCUT2D eigenvalue weighted by molar-refractivity contribution is -0.129. The Morgan fingerprint density at radius 2 is 2.27 bits per heavy atom. The minimum atomic E-state index is 0.147. The highest BCUT2D eigenvalue weighted by Crippen LogP contribution is 2.09. The second-order valence-electron chi connectivity index (χ2n) is 3.31. The monoisotopic (exact) mass is 229 g/mol. The van der Waals surface area contributed by atoms with E-state index in [0.29, 0.717) is 6.54 Å². The SMILES string of the molecule is CCN(CC)C(=O)CNC1=NCCCS1. The van der Waals surface area contributed by atoms with Crippen molar-refractivity contribution in [2.24, 2.45) is 4.99 Å². The van der Waals surface area contributed by atoms with Crippen LogP contribution in [0.15, 0.2) is 4.99 Å². The van der Waals surface area contributed by atoms with Crippen LogP contribution in [0, 0.1) is 0 Å². The molecule has 0 atom stereocenters. The molecule has 1 heterocycles. The summed E-state index contributed by atoms with van der Waals surface area (Å²) < 4.78 is 0. The van der Waals surface area contributed by atoms with E-state index in [-0.39, 0.29) is 5.91 Å². The van der Waals surface area contributed by atoms with Gasteiger partial charge in [0.15, 0.2) is 5.17 Å². The number of rotatable bonds is 4. The highest BCUT2D eigenvalue weighted by Gasteiger charge is 2.11. The smallest absolute Gasteiger partial charge is 0.241 e. The van der Waals surface area contributed by atoms with Crippen LogP contribution in [0.1, 0.15) is 20.3 Å². The summed E-state index contributed by atoms with van der Waals surface area (Å²) in [6.07, 6.45) is 1.14. The molecule has 0 aromatic heterocycles. The molecule has 0 saturated carbocycles. The number of hydrogen-bond acceptors (Lipinski definition) is 4. The predicted molar refractivity (Wildman–Crippen MR) is 65.3 cm³/mol. The molecule has 0 spiro atoms. The third kappa shape index (κ3) is 4.11. The van der Waals surface area contributed by atoms with Crippen LogP contribution in [0.5, 0.6) is 0 Å². The van der Waals surface area contributed by atoms with E-state index in [2.05, 4.69) is 10.3 Å². The molecule has 15 heavy (non-hydrogen) atoms.